The van der Waals surface area contributed by atoms with Gasteiger partial charge in [0.1, 0.15) is 0 Å². The van der Waals surface area contributed by atoms with E-state index in [1.165, 1.54) is 4.70 Å². The minimum atomic E-state index is 0. The van der Waals surface area contributed by atoms with E-state index in [9.17, 15) is 0 Å². The molecule has 2 nitrogen and oxygen atoms in total. The van der Waals surface area contributed by atoms with Crippen molar-refractivity contribution in [2.45, 2.75) is 0 Å². The molecule has 0 aliphatic heterocycles. The minimum Gasteiger partial charge on any atom is -0.361 e. The summed E-state index contributed by atoms with van der Waals surface area (Å²) >= 11 is 5.81. The van der Waals surface area contributed by atoms with Gasteiger partial charge in [-0.15, -0.1) is 12.4 Å². The molecule has 0 radical (unpaired) electrons. The van der Waals surface area contributed by atoms with Crippen molar-refractivity contribution in [3.8, 4) is 0 Å². The summed E-state index contributed by atoms with van der Waals surface area (Å²) in [5, 5.41) is 4.20. The van der Waals surface area contributed by atoms with Crippen molar-refractivity contribution in [1.82, 2.24) is 4.98 Å². The number of para-hydroxylation sites is 1. The maximum Gasteiger partial charge on any atom is 0.183 e. The van der Waals surface area contributed by atoms with Gasteiger partial charge in [0.15, 0.2) is 5.13 Å². The number of hydrogen-bond donors (Lipinski definition) is 2. The highest BCUT2D eigenvalue weighted by atomic mass is 35.5. The SMILES string of the molecule is Cl.SCCNc1nc2ccccc2s1. The lowest BCUT2D eigenvalue weighted by Crippen LogP contribution is -2.01. The van der Waals surface area contributed by atoms with Gasteiger partial charge in [0.25, 0.3) is 0 Å². The Morgan fingerprint density at radius 1 is 1.36 bits per heavy atom. The summed E-state index contributed by atoms with van der Waals surface area (Å²) in [7, 11) is 0. The second-order valence-electron chi connectivity index (χ2n) is 2.64. The fourth-order valence-corrected chi connectivity index (χ4v) is 2.11. The number of fused-ring (bicyclic) bond motifs is 1. The number of aromatic nitrogens is 1. The number of halogens is 1. The first-order valence-electron chi connectivity index (χ1n) is 4.10. The van der Waals surface area contributed by atoms with Crippen molar-refractivity contribution in [3.05, 3.63) is 24.3 Å². The Hall–Kier alpha value is -0.450. The maximum atomic E-state index is 4.42. The summed E-state index contributed by atoms with van der Waals surface area (Å²) in [4.78, 5) is 4.42. The van der Waals surface area contributed by atoms with Crippen LogP contribution in [0.2, 0.25) is 0 Å². The third-order valence-electron chi connectivity index (χ3n) is 1.68. The van der Waals surface area contributed by atoms with E-state index in [0.717, 1.165) is 22.9 Å². The molecule has 14 heavy (non-hydrogen) atoms. The van der Waals surface area contributed by atoms with E-state index in [0.29, 0.717) is 0 Å². The van der Waals surface area contributed by atoms with Gasteiger partial charge in [0.05, 0.1) is 10.2 Å². The molecule has 0 atom stereocenters. The molecule has 2 aromatic rings. The average molecular weight is 247 g/mol. The first kappa shape index (κ1) is 11.6. The van der Waals surface area contributed by atoms with Gasteiger partial charge in [0, 0.05) is 12.3 Å². The van der Waals surface area contributed by atoms with Crippen LogP contribution in [0.1, 0.15) is 0 Å². The van der Waals surface area contributed by atoms with E-state index in [4.69, 9.17) is 0 Å². The summed E-state index contributed by atoms with van der Waals surface area (Å²) in [5.41, 5.74) is 1.06. The van der Waals surface area contributed by atoms with Gasteiger partial charge in [0.2, 0.25) is 0 Å². The Balaban J connectivity index is 0.000000980. The fraction of sp³-hybridized carbons (Fsp3) is 0.222. The van der Waals surface area contributed by atoms with Gasteiger partial charge in [-0.3, -0.25) is 0 Å². The first-order chi connectivity index (χ1) is 6.40. The zero-order valence-corrected chi connectivity index (χ0v) is 9.96. The molecule has 1 N–H and O–H groups in total. The van der Waals surface area contributed by atoms with Gasteiger partial charge < -0.3 is 5.32 Å². The van der Waals surface area contributed by atoms with E-state index >= 15 is 0 Å². The van der Waals surface area contributed by atoms with Gasteiger partial charge in [-0.2, -0.15) is 12.6 Å². The molecule has 0 spiro atoms. The number of thiol groups is 1. The lowest BCUT2D eigenvalue weighted by atomic mass is 10.3. The molecule has 0 aliphatic carbocycles. The maximum absolute atomic E-state index is 4.42. The molecule has 1 heterocycles. The molecule has 0 aliphatic rings. The Labute approximate surface area is 98.6 Å². The minimum absolute atomic E-state index is 0. The van der Waals surface area contributed by atoms with E-state index < -0.39 is 0 Å². The van der Waals surface area contributed by atoms with Crippen molar-refractivity contribution in [2.75, 3.05) is 17.6 Å². The van der Waals surface area contributed by atoms with Crippen LogP contribution < -0.4 is 5.32 Å². The highest BCUT2D eigenvalue weighted by Gasteiger charge is 2.00. The number of anilines is 1. The van der Waals surface area contributed by atoms with Crippen molar-refractivity contribution < 1.29 is 0 Å². The third kappa shape index (κ3) is 2.53. The van der Waals surface area contributed by atoms with E-state index in [2.05, 4.69) is 29.0 Å². The van der Waals surface area contributed by atoms with Gasteiger partial charge in [-0.05, 0) is 12.1 Å². The highest BCUT2D eigenvalue weighted by molar-refractivity contribution is 7.80. The summed E-state index contributed by atoms with van der Waals surface area (Å²) < 4.78 is 1.23. The van der Waals surface area contributed by atoms with Crippen LogP contribution in [-0.2, 0) is 0 Å². The van der Waals surface area contributed by atoms with Gasteiger partial charge in [-0.1, -0.05) is 23.5 Å². The van der Waals surface area contributed by atoms with Crippen molar-refractivity contribution in [3.63, 3.8) is 0 Å². The topological polar surface area (TPSA) is 24.9 Å². The van der Waals surface area contributed by atoms with Crippen LogP contribution in [0, 0.1) is 0 Å². The molecule has 0 fully saturated rings. The summed E-state index contributed by atoms with van der Waals surface area (Å²) in [5.74, 6) is 0.829. The third-order valence-corrected chi connectivity index (χ3v) is 2.90. The average Bonchev–Trinajstić information content (AvgIpc) is 2.57. The van der Waals surface area contributed by atoms with Crippen LogP contribution >= 0.6 is 36.4 Å². The molecule has 5 heteroatoms. The lowest BCUT2D eigenvalue weighted by molar-refractivity contribution is 1.22. The number of thiazole rings is 1. The van der Waals surface area contributed by atoms with Crippen LogP contribution in [0.4, 0.5) is 5.13 Å². The molecular weight excluding hydrogens is 236 g/mol. The second-order valence-corrected chi connectivity index (χ2v) is 4.11. The Kier molecular flexibility index (Phi) is 4.51. The molecule has 0 saturated heterocycles. The van der Waals surface area contributed by atoms with Crippen molar-refractivity contribution >= 4 is 51.7 Å². The molecule has 1 aromatic carbocycles. The van der Waals surface area contributed by atoms with Crippen molar-refractivity contribution in [2.24, 2.45) is 0 Å². The normalized spacial score (nSPS) is 9.79. The van der Waals surface area contributed by atoms with Crippen LogP contribution in [-0.4, -0.2) is 17.3 Å². The number of nitrogens with one attached hydrogen (secondary N) is 1. The molecule has 1 aromatic heterocycles. The fourth-order valence-electron chi connectivity index (χ4n) is 1.11. The van der Waals surface area contributed by atoms with Crippen LogP contribution in [0.15, 0.2) is 24.3 Å². The predicted molar refractivity (Wildman–Crippen MR) is 69.2 cm³/mol. The first-order valence-corrected chi connectivity index (χ1v) is 5.55. The molecular formula is C9H11ClN2S2. The Morgan fingerprint density at radius 3 is 2.86 bits per heavy atom. The number of nitrogens with zero attached hydrogens (tertiary/aromatic N) is 1. The van der Waals surface area contributed by atoms with Gasteiger partial charge >= 0.3 is 0 Å². The predicted octanol–water partition coefficient (Wildman–Crippen LogP) is 3.06. The Morgan fingerprint density at radius 2 is 2.14 bits per heavy atom. The summed E-state index contributed by atoms with van der Waals surface area (Å²) in [6, 6.07) is 8.14. The molecule has 76 valence electrons. The van der Waals surface area contributed by atoms with Crippen LogP contribution in [0.25, 0.3) is 10.2 Å². The second kappa shape index (κ2) is 5.44. The molecule has 0 saturated carbocycles. The quantitative estimate of drug-likeness (QED) is 0.814. The zero-order chi connectivity index (χ0) is 9.10. The van der Waals surface area contributed by atoms with Crippen LogP contribution in [0.5, 0.6) is 0 Å². The van der Waals surface area contributed by atoms with E-state index in [-0.39, 0.29) is 12.4 Å². The largest absolute Gasteiger partial charge is 0.361 e. The molecule has 2 rings (SSSR count). The summed E-state index contributed by atoms with van der Waals surface area (Å²) in [6.07, 6.45) is 0. The Bertz CT molecular complexity index is 369. The summed E-state index contributed by atoms with van der Waals surface area (Å²) in [6.45, 7) is 0.864. The highest BCUT2D eigenvalue weighted by Crippen LogP contribution is 2.24. The van der Waals surface area contributed by atoms with E-state index in [1.807, 2.05) is 18.2 Å². The standard InChI is InChI=1S/C9H10N2S2.ClH/c12-6-5-10-9-11-7-3-1-2-4-8(7)13-9;/h1-4,12H,5-6H2,(H,10,11);1H. The van der Waals surface area contributed by atoms with Gasteiger partial charge in [-0.25, -0.2) is 4.98 Å². The van der Waals surface area contributed by atoms with Crippen molar-refractivity contribution in [1.29, 1.82) is 0 Å². The molecule has 0 amide bonds. The zero-order valence-electron chi connectivity index (χ0n) is 7.43. The lowest BCUT2D eigenvalue weighted by Gasteiger charge is -1.95. The van der Waals surface area contributed by atoms with E-state index in [1.54, 1.807) is 11.3 Å². The molecule has 0 bridgehead atoms. The smallest absolute Gasteiger partial charge is 0.183 e. The number of hydrogen-bond acceptors (Lipinski definition) is 4. The van der Waals surface area contributed by atoms with Crippen LogP contribution in [0.3, 0.4) is 0 Å². The number of rotatable bonds is 3. The monoisotopic (exact) mass is 246 g/mol. The molecule has 0 unspecified atom stereocenters. The number of benzene rings is 1.